The van der Waals surface area contributed by atoms with Crippen molar-refractivity contribution in [1.82, 2.24) is 14.9 Å². The molecule has 21 heavy (non-hydrogen) atoms. The van der Waals surface area contributed by atoms with Gasteiger partial charge in [0.15, 0.2) is 0 Å². The Morgan fingerprint density at radius 2 is 2.10 bits per heavy atom. The molecule has 1 aliphatic carbocycles. The van der Waals surface area contributed by atoms with Gasteiger partial charge in [-0.25, -0.2) is 15.8 Å². The van der Waals surface area contributed by atoms with Crippen molar-refractivity contribution in [1.29, 1.82) is 0 Å². The van der Waals surface area contributed by atoms with E-state index >= 15 is 0 Å². The number of nitrogens with zero attached hydrogens (tertiary/aromatic N) is 3. The normalized spacial score (nSPS) is 23.1. The van der Waals surface area contributed by atoms with E-state index in [-0.39, 0.29) is 6.10 Å². The van der Waals surface area contributed by atoms with E-state index in [0.29, 0.717) is 11.7 Å². The minimum atomic E-state index is 0.191. The van der Waals surface area contributed by atoms with Gasteiger partial charge in [-0.05, 0) is 26.8 Å². The van der Waals surface area contributed by atoms with Gasteiger partial charge in [0.2, 0.25) is 0 Å². The van der Waals surface area contributed by atoms with Crippen molar-refractivity contribution < 1.29 is 4.74 Å². The number of hydrazine groups is 1. The number of nitrogens with two attached hydrogens (primary N) is 1. The maximum atomic E-state index is 5.77. The fourth-order valence-corrected chi connectivity index (χ4v) is 2.57. The van der Waals surface area contributed by atoms with Gasteiger partial charge in [-0.1, -0.05) is 0 Å². The van der Waals surface area contributed by atoms with Crippen LogP contribution >= 0.6 is 0 Å². The molecule has 0 amide bonds. The number of nitrogens with one attached hydrogen (secondary N) is 2. The summed E-state index contributed by atoms with van der Waals surface area (Å²) in [6, 6.07) is 0. The summed E-state index contributed by atoms with van der Waals surface area (Å²) in [5.74, 6) is 8.51. The highest BCUT2D eigenvalue weighted by atomic mass is 16.5. The molecule has 3 rings (SSSR count). The van der Waals surface area contributed by atoms with Gasteiger partial charge in [-0.2, -0.15) is 0 Å². The topological polar surface area (TPSA) is 88.3 Å². The molecule has 1 atom stereocenters. The molecule has 2 aliphatic rings. The van der Waals surface area contributed by atoms with Crippen LogP contribution in [-0.4, -0.2) is 54.3 Å². The molecule has 0 bridgehead atoms. The Morgan fingerprint density at radius 1 is 1.33 bits per heavy atom. The zero-order valence-corrected chi connectivity index (χ0v) is 12.7. The molecule has 2 fully saturated rings. The SMILES string of the molecule is Cc1c(NN)nc(C2CC2)nc1NCC1CN(C)CCO1. The number of rotatable bonds is 5. The first-order valence-corrected chi connectivity index (χ1v) is 7.56. The number of ether oxygens (including phenoxy) is 1. The predicted molar refractivity (Wildman–Crippen MR) is 82.3 cm³/mol. The highest BCUT2D eigenvalue weighted by Crippen LogP contribution is 2.39. The molecule has 0 radical (unpaired) electrons. The van der Waals surface area contributed by atoms with Gasteiger partial charge in [-0.15, -0.1) is 0 Å². The lowest BCUT2D eigenvalue weighted by Crippen LogP contribution is -2.43. The molecule has 7 heteroatoms. The van der Waals surface area contributed by atoms with Gasteiger partial charge in [0.25, 0.3) is 0 Å². The second-order valence-electron chi connectivity index (χ2n) is 5.96. The van der Waals surface area contributed by atoms with Crippen LogP contribution in [0, 0.1) is 6.92 Å². The average Bonchev–Trinajstić information content (AvgIpc) is 3.31. The lowest BCUT2D eigenvalue weighted by molar-refractivity contribution is -0.0117. The van der Waals surface area contributed by atoms with Gasteiger partial charge in [0, 0.05) is 31.1 Å². The van der Waals surface area contributed by atoms with E-state index < -0.39 is 0 Å². The molecule has 0 spiro atoms. The van der Waals surface area contributed by atoms with Crippen LogP contribution in [-0.2, 0) is 4.74 Å². The fraction of sp³-hybridized carbons (Fsp3) is 0.714. The lowest BCUT2D eigenvalue weighted by atomic mass is 10.2. The number of hydrogen-bond acceptors (Lipinski definition) is 7. The van der Waals surface area contributed by atoms with Gasteiger partial charge in [-0.3, -0.25) is 0 Å². The van der Waals surface area contributed by atoms with Crippen molar-refractivity contribution in [3.05, 3.63) is 11.4 Å². The Bertz CT molecular complexity index is 504. The Labute approximate surface area is 125 Å². The summed E-state index contributed by atoms with van der Waals surface area (Å²) in [4.78, 5) is 11.4. The van der Waals surface area contributed by atoms with Crippen LogP contribution in [0.2, 0.25) is 0 Å². The van der Waals surface area contributed by atoms with Crippen LogP contribution < -0.4 is 16.6 Å². The highest BCUT2D eigenvalue weighted by molar-refractivity contribution is 5.57. The second kappa shape index (κ2) is 6.13. The molecule has 4 N–H and O–H groups in total. The Morgan fingerprint density at radius 3 is 2.76 bits per heavy atom. The molecular formula is C14H24N6O. The van der Waals surface area contributed by atoms with Gasteiger partial charge < -0.3 is 20.4 Å². The summed E-state index contributed by atoms with van der Waals surface area (Å²) in [7, 11) is 2.12. The number of anilines is 2. The summed E-state index contributed by atoms with van der Waals surface area (Å²) in [6.07, 6.45) is 2.53. The molecule has 7 nitrogen and oxygen atoms in total. The zero-order valence-electron chi connectivity index (χ0n) is 12.7. The highest BCUT2D eigenvalue weighted by Gasteiger charge is 2.28. The quantitative estimate of drug-likeness (QED) is 0.543. The van der Waals surface area contributed by atoms with Gasteiger partial charge in [0.05, 0.1) is 12.7 Å². The molecule has 1 saturated heterocycles. The fourth-order valence-electron chi connectivity index (χ4n) is 2.57. The van der Waals surface area contributed by atoms with E-state index in [2.05, 4.69) is 32.7 Å². The third-order valence-electron chi connectivity index (χ3n) is 4.08. The molecule has 1 aromatic rings. The average molecular weight is 292 g/mol. The maximum Gasteiger partial charge on any atom is 0.148 e. The molecule has 1 aliphatic heterocycles. The van der Waals surface area contributed by atoms with E-state index in [4.69, 9.17) is 10.6 Å². The third-order valence-corrected chi connectivity index (χ3v) is 4.08. The van der Waals surface area contributed by atoms with Crippen molar-refractivity contribution >= 4 is 11.6 Å². The van der Waals surface area contributed by atoms with E-state index in [1.54, 1.807) is 0 Å². The first kappa shape index (κ1) is 14.5. The molecule has 0 aromatic carbocycles. The van der Waals surface area contributed by atoms with Crippen LogP contribution in [0.25, 0.3) is 0 Å². The number of hydrogen-bond donors (Lipinski definition) is 3. The van der Waals surface area contributed by atoms with Crippen molar-refractivity contribution in [3.63, 3.8) is 0 Å². The first-order chi connectivity index (χ1) is 10.2. The molecule has 116 valence electrons. The minimum Gasteiger partial charge on any atom is -0.374 e. The van der Waals surface area contributed by atoms with Gasteiger partial charge in [0.1, 0.15) is 17.5 Å². The number of likely N-dealkylation sites (N-methyl/N-ethyl adjacent to an activating group) is 1. The smallest absolute Gasteiger partial charge is 0.148 e. The zero-order chi connectivity index (χ0) is 14.8. The predicted octanol–water partition coefficient (Wildman–Crippen LogP) is 0.691. The van der Waals surface area contributed by atoms with Crippen LogP contribution in [0.4, 0.5) is 11.6 Å². The van der Waals surface area contributed by atoms with E-state index in [1.165, 1.54) is 12.8 Å². The van der Waals surface area contributed by atoms with Crippen molar-refractivity contribution in [2.45, 2.75) is 31.8 Å². The maximum absolute atomic E-state index is 5.77. The number of aromatic nitrogens is 2. The van der Waals surface area contributed by atoms with Gasteiger partial charge >= 0.3 is 0 Å². The van der Waals surface area contributed by atoms with Crippen molar-refractivity contribution in [2.75, 3.05) is 44.0 Å². The largest absolute Gasteiger partial charge is 0.374 e. The van der Waals surface area contributed by atoms with Crippen molar-refractivity contribution in [2.24, 2.45) is 5.84 Å². The Balaban J connectivity index is 1.70. The van der Waals surface area contributed by atoms with Crippen LogP contribution in [0.15, 0.2) is 0 Å². The summed E-state index contributed by atoms with van der Waals surface area (Å²) >= 11 is 0. The Hall–Kier alpha value is -1.44. The van der Waals surface area contributed by atoms with Crippen LogP contribution in [0.1, 0.15) is 30.1 Å². The van der Waals surface area contributed by atoms with E-state index in [0.717, 1.165) is 43.4 Å². The number of morpholine rings is 1. The first-order valence-electron chi connectivity index (χ1n) is 7.56. The molecule has 2 heterocycles. The summed E-state index contributed by atoms with van der Waals surface area (Å²) in [5.41, 5.74) is 3.62. The summed E-state index contributed by atoms with van der Waals surface area (Å²) in [5, 5.41) is 3.40. The molecule has 1 unspecified atom stereocenters. The van der Waals surface area contributed by atoms with Crippen LogP contribution in [0.3, 0.4) is 0 Å². The Kier molecular flexibility index (Phi) is 4.23. The summed E-state index contributed by atoms with van der Waals surface area (Å²) in [6.45, 7) is 5.44. The summed E-state index contributed by atoms with van der Waals surface area (Å²) < 4.78 is 5.77. The number of nitrogen functional groups attached to an aromatic ring is 1. The standard InChI is InChI=1S/C14H24N6O/c1-9-12(16-7-11-8-20(2)5-6-21-11)17-14(10-3-4-10)18-13(9)19-15/h10-11H,3-8,15H2,1-2H3,(H2,16,17,18,19). The lowest BCUT2D eigenvalue weighted by Gasteiger charge is -2.30. The van der Waals surface area contributed by atoms with E-state index in [9.17, 15) is 0 Å². The third kappa shape index (κ3) is 3.42. The minimum absolute atomic E-state index is 0.191. The van der Waals surface area contributed by atoms with Crippen molar-refractivity contribution in [3.8, 4) is 0 Å². The van der Waals surface area contributed by atoms with Crippen LogP contribution in [0.5, 0.6) is 0 Å². The molecular weight excluding hydrogens is 268 g/mol. The van der Waals surface area contributed by atoms with E-state index in [1.807, 2.05) is 6.92 Å². The molecule has 1 saturated carbocycles. The molecule has 1 aromatic heterocycles. The second-order valence-corrected chi connectivity index (χ2v) is 5.96. The monoisotopic (exact) mass is 292 g/mol.